The van der Waals surface area contributed by atoms with Gasteiger partial charge in [-0.25, -0.2) is 4.39 Å². The second-order valence-corrected chi connectivity index (χ2v) is 4.99. The van der Waals surface area contributed by atoms with Crippen LogP contribution in [0.25, 0.3) is 0 Å². The molecular weight excluding hydrogens is 227 g/mol. The van der Waals surface area contributed by atoms with Crippen molar-refractivity contribution in [1.82, 2.24) is 0 Å². The van der Waals surface area contributed by atoms with Gasteiger partial charge in [0.15, 0.2) is 0 Å². The van der Waals surface area contributed by atoms with Crippen LogP contribution in [0.5, 0.6) is 0 Å². The van der Waals surface area contributed by atoms with E-state index in [1.165, 1.54) is 12.1 Å². The first-order valence-corrected chi connectivity index (χ1v) is 5.72. The van der Waals surface area contributed by atoms with Gasteiger partial charge in [-0.2, -0.15) is 0 Å². The summed E-state index contributed by atoms with van der Waals surface area (Å²) in [6, 6.07) is 4.41. The molecule has 0 bridgehead atoms. The molecule has 0 heterocycles. The Kier molecular flexibility index (Phi) is 4.09. The highest BCUT2D eigenvalue weighted by Gasteiger charge is 2.24. The number of benzene rings is 1. The van der Waals surface area contributed by atoms with Crippen molar-refractivity contribution >= 4 is 17.4 Å². The smallest absolute Gasteiger partial charge is 0.142 e. The standard InChI is InChI=1S/C13H16ClFO/c1-4-13(2,3)12(16)8-9-5-6-11(15)10(14)7-9/h5-7H,4,8H2,1-3H3. The van der Waals surface area contributed by atoms with Gasteiger partial charge in [0.2, 0.25) is 0 Å². The number of halogens is 2. The summed E-state index contributed by atoms with van der Waals surface area (Å²) in [7, 11) is 0. The van der Waals surface area contributed by atoms with Gasteiger partial charge in [0.1, 0.15) is 11.6 Å². The van der Waals surface area contributed by atoms with Gasteiger partial charge in [0.25, 0.3) is 0 Å². The first kappa shape index (κ1) is 13.2. The molecule has 1 aromatic carbocycles. The van der Waals surface area contributed by atoms with Gasteiger partial charge in [-0.15, -0.1) is 0 Å². The predicted octanol–water partition coefficient (Wildman–Crippen LogP) is 4.03. The zero-order valence-corrected chi connectivity index (χ0v) is 10.6. The summed E-state index contributed by atoms with van der Waals surface area (Å²) in [6.45, 7) is 5.82. The first-order valence-electron chi connectivity index (χ1n) is 5.34. The molecule has 0 spiro atoms. The second kappa shape index (κ2) is 4.96. The molecule has 0 unspecified atom stereocenters. The minimum atomic E-state index is -0.451. The summed E-state index contributed by atoms with van der Waals surface area (Å²) in [4.78, 5) is 11.9. The lowest BCUT2D eigenvalue weighted by Crippen LogP contribution is -2.25. The van der Waals surface area contributed by atoms with Crippen molar-refractivity contribution in [3.8, 4) is 0 Å². The number of Topliss-reactive ketones (excluding diaryl/α,β-unsaturated/α-hetero) is 1. The van der Waals surface area contributed by atoms with Crippen molar-refractivity contribution in [3.63, 3.8) is 0 Å². The molecule has 0 aliphatic rings. The molecule has 88 valence electrons. The van der Waals surface area contributed by atoms with Crippen molar-refractivity contribution in [2.75, 3.05) is 0 Å². The van der Waals surface area contributed by atoms with Crippen LogP contribution < -0.4 is 0 Å². The van der Waals surface area contributed by atoms with Crippen LogP contribution in [0.1, 0.15) is 32.8 Å². The van der Waals surface area contributed by atoms with Crippen LogP contribution in [-0.2, 0) is 11.2 Å². The lowest BCUT2D eigenvalue weighted by molar-refractivity contribution is -0.126. The van der Waals surface area contributed by atoms with E-state index in [1.807, 2.05) is 20.8 Å². The van der Waals surface area contributed by atoms with Gasteiger partial charge in [-0.05, 0) is 24.1 Å². The number of hydrogen-bond acceptors (Lipinski definition) is 1. The summed E-state index contributed by atoms with van der Waals surface area (Å²) in [6.07, 6.45) is 1.10. The van der Waals surface area contributed by atoms with Crippen molar-refractivity contribution in [3.05, 3.63) is 34.6 Å². The van der Waals surface area contributed by atoms with Crippen LogP contribution >= 0.6 is 11.6 Å². The average molecular weight is 243 g/mol. The Hall–Kier alpha value is -0.890. The average Bonchev–Trinajstić information content (AvgIpc) is 2.23. The highest BCUT2D eigenvalue weighted by Crippen LogP contribution is 2.24. The molecular formula is C13H16ClFO. The Labute approximate surface area is 101 Å². The highest BCUT2D eigenvalue weighted by molar-refractivity contribution is 6.30. The monoisotopic (exact) mass is 242 g/mol. The fourth-order valence-corrected chi connectivity index (χ4v) is 1.47. The Morgan fingerprint density at radius 3 is 2.56 bits per heavy atom. The molecule has 0 amide bonds. The maximum absolute atomic E-state index is 12.9. The van der Waals surface area contributed by atoms with Crippen LogP contribution in [0.2, 0.25) is 5.02 Å². The number of carbonyl (C=O) groups is 1. The van der Waals surface area contributed by atoms with Gasteiger partial charge < -0.3 is 0 Å². The molecule has 16 heavy (non-hydrogen) atoms. The molecule has 1 rings (SSSR count). The summed E-state index contributed by atoms with van der Waals surface area (Å²) < 4.78 is 12.9. The number of carbonyl (C=O) groups excluding carboxylic acids is 1. The fraction of sp³-hybridized carbons (Fsp3) is 0.462. The molecule has 0 aromatic heterocycles. The van der Waals surface area contributed by atoms with E-state index in [4.69, 9.17) is 11.6 Å². The minimum absolute atomic E-state index is 0.0691. The lowest BCUT2D eigenvalue weighted by atomic mass is 9.82. The van der Waals surface area contributed by atoms with Crippen molar-refractivity contribution in [2.45, 2.75) is 33.6 Å². The van der Waals surface area contributed by atoms with Crippen molar-refractivity contribution in [1.29, 1.82) is 0 Å². The molecule has 0 N–H and O–H groups in total. The third-order valence-electron chi connectivity index (χ3n) is 2.99. The predicted molar refractivity (Wildman–Crippen MR) is 64.2 cm³/mol. The Morgan fingerprint density at radius 1 is 1.44 bits per heavy atom. The summed E-state index contributed by atoms with van der Waals surface area (Å²) >= 11 is 5.66. The van der Waals surface area contributed by atoms with Gasteiger partial charge in [-0.1, -0.05) is 38.4 Å². The van der Waals surface area contributed by atoms with Gasteiger partial charge in [0.05, 0.1) is 5.02 Å². The van der Waals surface area contributed by atoms with E-state index in [2.05, 4.69) is 0 Å². The topological polar surface area (TPSA) is 17.1 Å². The summed E-state index contributed by atoms with van der Waals surface area (Å²) in [5.41, 5.74) is 0.429. The fourth-order valence-electron chi connectivity index (χ4n) is 1.27. The number of ketones is 1. The Morgan fingerprint density at radius 2 is 2.06 bits per heavy atom. The SMILES string of the molecule is CCC(C)(C)C(=O)Cc1ccc(F)c(Cl)c1. The lowest BCUT2D eigenvalue weighted by Gasteiger charge is -2.20. The number of rotatable bonds is 4. The zero-order valence-electron chi connectivity index (χ0n) is 9.81. The number of hydrogen-bond donors (Lipinski definition) is 0. The van der Waals surface area contributed by atoms with Crippen LogP contribution in [-0.4, -0.2) is 5.78 Å². The van der Waals surface area contributed by atoms with Gasteiger partial charge in [0, 0.05) is 11.8 Å². The van der Waals surface area contributed by atoms with Crippen LogP contribution in [0.4, 0.5) is 4.39 Å². The van der Waals surface area contributed by atoms with Crippen LogP contribution in [0.3, 0.4) is 0 Å². The molecule has 1 aromatic rings. The Balaban J connectivity index is 2.82. The molecule has 0 fully saturated rings. The molecule has 0 saturated heterocycles. The molecule has 0 atom stereocenters. The molecule has 0 aliphatic heterocycles. The summed E-state index contributed by atoms with van der Waals surface area (Å²) in [5.74, 6) is -0.301. The Bertz CT molecular complexity index is 399. The quantitative estimate of drug-likeness (QED) is 0.779. The van der Waals surface area contributed by atoms with Gasteiger partial charge >= 0.3 is 0 Å². The van der Waals surface area contributed by atoms with E-state index < -0.39 is 5.82 Å². The van der Waals surface area contributed by atoms with E-state index >= 15 is 0 Å². The van der Waals surface area contributed by atoms with E-state index in [0.717, 1.165) is 12.0 Å². The molecule has 3 heteroatoms. The molecule has 0 aliphatic carbocycles. The maximum Gasteiger partial charge on any atom is 0.142 e. The third-order valence-corrected chi connectivity index (χ3v) is 3.28. The maximum atomic E-state index is 12.9. The first-order chi connectivity index (χ1) is 7.36. The van der Waals surface area contributed by atoms with E-state index in [9.17, 15) is 9.18 Å². The second-order valence-electron chi connectivity index (χ2n) is 4.59. The molecule has 0 radical (unpaired) electrons. The van der Waals surface area contributed by atoms with Crippen molar-refractivity contribution < 1.29 is 9.18 Å². The highest BCUT2D eigenvalue weighted by atomic mass is 35.5. The van der Waals surface area contributed by atoms with Crippen LogP contribution in [0.15, 0.2) is 18.2 Å². The largest absolute Gasteiger partial charge is 0.299 e. The summed E-state index contributed by atoms with van der Waals surface area (Å²) in [5, 5.41) is 0.0691. The molecule has 0 saturated carbocycles. The van der Waals surface area contributed by atoms with Crippen LogP contribution in [0, 0.1) is 11.2 Å². The van der Waals surface area contributed by atoms with E-state index in [0.29, 0.717) is 6.42 Å². The molecule has 1 nitrogen and oxygen atoms in total. The van der Waals surface area contributed by atoms with Gasteiger partial charge in [-0.3, -0.25) is 4.79 Å². The normalized spacial score (nSPS) is 11.6. The van der Waals surface area contributed by atoms with E-state index in [1.54, 1.807) is 6.07 Å². The van der Waals surface area contributed by atoms with E-state index in [-0.39, 0.29) is 16.2 Å². The van der Waals surface area contributed by atoms with Crippen molar-refractivity contribution in [2.24, 2.45) is 5.41 Å². The third kappa shape index (κ3) is 3.05. The zero-order chi connectivity index (χ0) is 12.3. The minimum Gasteiger partial charge on any atom is -0.299 e.